The molecule has 0 spiro atoms. The Hall–Kier alpha value is -4.23. The molecule has 59 heavy (non-hydrogen) atoms. The maximum absolute atomic E-state index is 13.0. The summed E-state index contributed by atoms with van der Waals surface area (Å²) in [4.78, 5) is 53.6. The second-order valence-corrected chi connectivity index (χ2v) is 15.7. The van der Waals surface area contributed by atoms with Crippen molar-refractivity contribution in [2.45, 2.75) is 115 Å². The van der Waals surface area contributed by atoms with Crippen LogP contribution in [0.1, 0.15) is 119 Å². The topological polar surface area (TPSA) is 239 Å². The summed E-state index contributed by atoms with van der Waals surface area (Å²) in [5.41, 5.74) is 0.461. The molecule has 0 unspecified atom stereocenters. The average molecular weight is 853 g/mol. The van der Waals surface area contributed by atoms with Gasteiger partial charge in [-0.05, 0) is 50.5 Å². The first-order valence-electron chi connectivity index (χ1n) is 20.6. The second-order valence-electron chi connectivity index (χ2n) is 14.0. The number of unbranched alkanes of at least 4 members (excludes halogenated alkanes) is 12. The Morgan fingerprint density at radius 2 is 1.19 bits per heavy atom. The molecule has 1 aromatic heterocycles. The number of ketones is 1. The third-order valence-electron chi connectivity index (χ3n) is 8.90. The Morgan fingerprint density at radius 3 is 1.78 bits per heavy atom. The molecule has 0 aliphatic rings. The molecule has 0 aliphatic carbocycles. The number of carboxylic acids is 2. The number of benzene rings is 1. The van der Waals surface area contributed by atoms with Gasteiger partial charge in [-0.3, -0.25) is 14.4 Å². The van der Waals surface area contributed by atoms with E-state index in [2.05, 4.69) is 20.0 Å². The lowest BCUT2D eigenvalue weighted by molar-refractivity contribution is -0.143. The van der Waals surface area contributed by atoms with Crippen LogP contribution in [0.25, 0.3) is 0 Å². The molecule has 18 heteroatoms. The van der Waals surface area contributed by atoms with Crippen LogP contribution < -0.4 is 14.8 Å². The predicted molar refractivity (Wildman–Crippen MR) is 219 cm³/mol. The maximum Gasteiger partial charge on any atom is 0.329 e. The van der Waals surface area contributed by atoms with Crippen molar-refractivity contribution in [2.75, 3.05) is 70.7 Å². The van der Waals surface area contributed by atoms with Gasteiger partial charge in [0.1, 0.15) is 19.0 Å². The Morgan fingerprint density at radius 1 is 0.627 bits per heavy atom. The molecule has 17 nitrogen and oxygen atoms in total. The number of carbonyl (C=O) groups excluding carboxylic acids is 2. The molecule has 1 aromatic carbocycles. The van der Waals surface area contributed by atoms with E-state index < -0.39 is 27.9 Å². The monoisotopic (exact) mass is 852 g/mol. The van der Waals surface area contributed by atoms with Gasteiger partial charge in [-0.2, -0.15) is 0 Å². The summed E-state index contributed by atoms with van der Waals surface area (Å²) in [5.74, 6) is -1.87. The zero-order chi connectivity index (χ0) is 43.0. The molecule has 0 aliphatic heterocycles. The first-order chi connectivity index (χ1) is 28.5. The zero-order valence-corrected chi connectivity index (χ0v) is 35.3. The first kappa shape index (κ1) is 50.9. The van der Waals surface area contributed by atoms with E-state index >= 15 is 0 Å². The number of anilines is 1. The van der Waals surface area contributed by atoms with Gasteiger partial charge in [0.05, 0.1) is 55.8 Å². The maximum atomic E-state index is 13.0. The number of rotatable bonds is 38. The van der Waals surface area contributed by atoms with Crippen molar-refractivity contribution >= 4 is 39.6 Å². The molecule has 1 amide bonds. The van der Waals surface area contributed by atoms with Gasteiger partial charge in [0, 0.05) is 32.2 Å². The van der Waals surface area contributed by atoms with Crippen LogP contribution in [-0.4, -0.2) is 118 Å². The molecule has 4 N–H and O–H groups in total. The van der Waals surface area contributed by atoms with Crippen LogP contribution in [0.15, 0.2) is 35.4 Å². The minimum atomic E-state index is -3.99. The van der Waals surface area contributed by atoms with Gasteiger partial charge in [0.2, 0.25) is 5.95 Å². The summed E-state index contributed by atoms with van der Waals surface area (Å²) in [6.45, 7) is 3.27. The minimum Gasteiger partial charge on any atom is -0.494 e. The van der Waals surface area contributed by atoms with E-state index in [1.165, 1.54) is 63.3 Å². The largest absolute Gasteiger partial charge is 0.494 e. The lowest BCUT2D eigenvalue weighted by Crippen LogP contribution is -2.29. The van der Waals surface area contributed by atoms with E-state index in [9.17, 15) is 27.6 Å². The fourth-order valence-corrected chi connectivity index (χ4v) is 6.66. The summed E-state index contributed by atoms with van der Waals surface area (Å²) in [6, 6.07) is 6.12. The standard InChI is InChI=1S/C41H64N4O13S/c1-33-37(40(51)42-22-25-55-27-28-56-31-34(46)16-15-23-54-26-29-57-32-39(49)50)30-43-41(44-33)45-59(52,53)36-20-18-35(19-21-36)58-24-14-12-10-8-6-4-2-3-5-7-9-11-13-17-38(47)48/h18-21,30H,2-17,22-29,31-32H2,1H3,(H,42,51)(H,47,48)(H,49,50)(H,43,44,45). The van der Waals surface area contributed by atoms with Crippen molar-refractivity contribution in [1.82, 2.24) is 15.3 Å². The highest BCUT2D eigenvalue weighted by Gasteiger charge is 2.18. The highest BCUT2D eigenvalue weighted by atomic mass is 32.2. The van der Waals surface area contributed by atoms with E-state index in [1.54, 1.807) is 19.1 Å². The van der Waals surface area contributed by atoms with Gasteiger partial charge in [0.15, 0.2) is 5.78 Å². The highest BCUT2D eigenvalue weighted by Crippen LogP contribution is 2.19. The smallest absolute Gasteiger partial charge is 0.329 e. The number of ether oxygens (including phenoxy) is 5. The molecule has 2 aromatic rings. The van der Waals surface area contributed by atoms with Crippen LogP contribution in [0.5, 0.6) is 5.75 Å². The van der Waals surface area contributed by atoms with E-state index in [1.807, 2.05) is 0 Å². The predicted octanol–water partition coefficient (Wildman–Crippen LogP) is 5.74. The van der Waals surface area contributed by atoms with E-state index in [0.29, 0.717) is 25.4 Å². The molecule has 0 saturated carbocycles. The Kier molecular flexibility index (Phi) is 27.3. The molecule has 1 heterocycles. The number of nitrogens with zero attached hydrogens (tertiary/aromatic N) is 2. The summed E-state index contributed by atoms with van der Waals surface area (Å²) in [7, 11) is -3.99. The fraction of sp³-hybridized carbons (Fsp3) is 0.659. The second kappa shape index (κ2) is 31.7. The summed E-state index contributed by atoms with van der Waals surface area (Å²) in [6.07, 6.45) is 17.0. The SMILES string of the molecule is Cc1nc(NS(=O)(=O)c2ccc(OCCCCCCCCCCCCCCCC(=O)O)cc2)ncc1C(=O)NCCOCCOCC(=O)CCCOCCOCC(=O)O. The van der Waals surface area contributed by atoms with Crippen LogP contribution in [0.2, 0.25) is 0 Å². The zero-order valence-electron chi connectivity index (χ0n) is 34.5. The Labute approximate surface area is 348 Å². The van der Waals surface area contributed by atoms with Crippen molar-refractivity contribution < 1.29 is 61.5 Å². The van der Waals surface area contributed by atoms with Crippen molar-refractivity contribution in [3.05, 3.63) is 41.7 Å². The fourth-order valence-electron chi connectivity index (χ4n) is 5.71. The van der Waals surface area contributed by atoms with Crippen LogP contribution >= 0.6 is 0 Å². The minimum absolute atomic E-state index is 0.0155. The number of hydrogen-bond acceptors (Lipinski definition) is 13. The van der Waals surface area contributed by atoms with Crippen molar-refractivity contribution in [3.63, 3.8) is 0 Å². The molecule has 0 bridgehead atoms. The van der Waals surface area contributed by atoms with Crippen LogP contribution in [-0.2, 0) is 43.4 Å². The Balaban J connectivity index is 1.53. The number of nitrogens with one attached hydrogen (secondary N) is 2. The van der Waals surface area contributed by atoms with Crippen molar-refractivity contribution in [2.24, 2.45) is 0 Å². The van der Waals surface area contributed by atoms with Crippen LogP contribution in [0.3, 0.4) is 0 Å². The molecular formula is C41H64N4O13S. The molecule has 0 fully saturated rings. The third-order valence-corrected chi connectivity index (χ3v) is 10.2. The lowest BCUT2D eigenvalue weighted by Gasteiger charge is -2.11. The van der Waals surface area contributed by atoms with Crippen LogP contribution in [0.4, 0.5) is 5.95 Å². The third kappa shape index (κ3) is 25.8. The summed E-state index contributed by atoms with van der Waals surface area (Å²) < 4.78 is 55.0. The summed E-state index contributed by atoms with van der Waals surface area (Å²) in [5, 5.41) is 19.8. The van der Waals surface area contributed by atoms with E-state index in [-0.39, 0.29) is 93.5 Å². The van der Waals surface area contributed by atoms with E-state index in [4.69, 9.17) is 33.9 Å². The van der Waals surface area contributed by atoms with Crippen LogP contribution in [0, 0.1) is 6.92 Å². The van der Waals surface area contributed by atoms with Gasteiger partial charge in [-0.25, -0.2) is 27.9 Å². The Bertz CT molecular complexity index is 1610. The number of sulfonamides is 1. The van der Waals surface area contributed by atoms with Gasteiger partial charge in [0.25, 0.3) is 15.9 Å². The number of aliphatic carboxylic acids is 2. The van der Waals surface area contributed by atoms with Crippen molar-refractivity contribution in [1.29, 1.82) is 0 Å². The molecular weight excluding hydrogens is 789 g/mol. The normalized spacial score (nSPS) is 11.3. The number of Topliss-reactive ketones (excluding diaryl/α,β-unsaturated/α-hetero) is 1. The molecule has 0 radical (unpaired) electrons. The molecule has 332 valence electrons. The molecule has 2 rings (SSSR count). The number of aromatic nitrogens is 2. The van der Waals surface area contributed by atoms with Gasteiger partial charge < -0.3 is 39.2 Å². The number of carbonyl (C=O) groups is 4. The average Bonchev–Trinajstić information content (AvgIpc) is 3.19. The molecule has 0 saturated heterocycles. The number of hydrogen-bond donors (Lipinski definition) is 4. The number of aryl methyl sites for hydroxylation is 1. The van der Waals surface area contributed by atoms with E-state index in [0.717, 1.165) is 38.5 Å². The quantitative estimate of drug-likeness (QED) is 0.0589. The lowest BCUT2D eigenvalue weighted by atomic mass is 10.0. The van der Waals surface area contributed by atoms with Crippen molar-refractivity contribution in [3.8, 4) is 5.75 Å². The van der Waals surface area contributed by atoms with Gasteiger partial charge in [-0.15, -0.1) is 0 Å². The van der Waals surface area contributed by atoms with Gasteiger partial charge >= 0.3 is 11.9 Å². The summed E-state index contributed by atoms with van der Waals surface area (Å²) >= 11 is 0. The highest BCUT2D eigenvalue weighted by molar-refractivity contribution is 7.92. The number of amides is 1. The molecule has 0 atom stereocenters. The first-order valence-corrected chi connectivity index (χ1v) is 22.1. The van der Waals surface area contributed by atoms with Gasteiger partial charge in [-0.1, -0.05) is 70.6 Å². The number of carboxylic acid groups (broad SMARTS) is 2.